The fraction of sp³-hybridized carbons (Fsp3) is 0. The van der Waals surface area contributed by atoms with E-state index in [0.29, 0.717) is 0 Å². The molecule has 0 atom stereocenters. The number of rotatable bonds is 7. The van der Waals surface area contributed by atoms with Crippen molar-refractivity contribution in [2.45, 2.75) is 9.92 Å². The summed E-state index contributed by atoms with van der Waals surface area (Å²) >= 11 is 5.19. The first kappa shape index (κ1) is 31.8. The Labute approximate surface area is 313 Å². The van der Waals surface area contributed by atoms with Crippen LogP contribution < -0.4 is 4.98 Å². The number of pyridine rings is 1. The molecule has 0 aliphatic rings. The van der Waals surface area contributed by atoms with Crippen molar-refractivity contribution in [1.82, 2.24) is 9.97 Å². The maximum atomic E-state index is 5.21. The van der Waals surface area contributed by atoms with Crippen molar-refractivity contribution in [2.24, 2.45) is 0 Å². The summed E-state index contributed by atoms with van der Waals surface area (Å²) in [5, 5.41) is 7.52. The van der Waals surface area contributed by atoms with Gasteiger partial charge < -0.3 is 4.98 Å². The summed E-state index contributed by atoms with van der Waals surface area (Å²) < 4.78 is 0. The number of hydrogen-bond acceptors (Lipinski definition) is 4. The molecule has 0 aliphatic heterocycles. The summed E-state index contributed by atoms with van der Waals surface area (Å²) in [6, 6.07) is 56.0. The third-order valence-electron chi connectivity index (χ3n) is 8.39. The molecule has 0 N–H and O–H groups in total. The van der Waals surface area contributed by atoms with Crippen LogP contribution in [0.1, 0.15) is 0 Å². The summed E-state index contributed by atoms with van der Waals surface area (Å²) in [6.07, 6.45) is 0. The average Bonchev–Trinajstić information content (AvgIpc) is 3.95. The minimum atomic E-state index is 0. The van der Waals surface area contributed by atoms with Gasteiger partial charge in [0.25, 0.3) is 0 Å². The van der Waals surface area contributed by atoms with E-state index in [-0.39, 0.29) is 22.4 Å². The minimum Gasteiger partial charge on any atom is -0.656 e. The average molecular weight is 863 g/mol. The van der Waals surface area contributed by atoms with Gasteiger partial charge in [-0.1, -0.05) is 84.1 Å². The molecule has 9 rings (SSSR count). The Morgan fingerprint density at radius 2 is 1.35 bits per heavy atom. The Morgan fingerprint density at radius 1 is 0.571 bits per heavy atom. The Kier molecular flexibility index (Phi) is 8.96. The molecule has 0 bridgehead atoms. The predicted molar refractivity (Wildman–Crippen MR) is 204 cm³/mol. The van der Waals surface area contributed by atoms with E-state index in [1.165, 1.54) is 31.7 Å². The SMILES string of the molecule is [Au+3].[c-]1ccccc1-c1[c-]c(-c2cccc(Sc3cc(-c4cccs4)cc4c3[n-]c3ccc(-c5cccs5)cc34)n2)cc(-c2ccccc2)c1. The zero-order valence-corrected chi connectivity index (χ0v) is 30.5. The van der Waals surface area contributed by atoms with E-state index in [4.69, 9.17) is 9.97 Å². The molecule has 6 heteroatoms. The second kappa shape index (κ2) is 13.8. The van der Waals surface area contributed by atoms with Gasteiger partial charge in [0.1, 0.15) is 0 Å². The van der Waals surface area contributed by atoms with Crippen LogP contribution in [0.5, 0.6) is 0 Å². The number of benzene rings is 5. The minimum absolute atomic E-state index is 0. The van der Waals surface area contributed by atoms with Gasteiger partial charge in [-0.05, 0) is 74.6 Å². The van der Waals surface area contributed by atoms with E-state index in [1.807, 2.05) is 24.3 Å². The molecule has 5 aromatic carbocycles. The molecule has 236 valence electrons. The summed E-state index contributed by atoms with van der Waals surface area (Å²) in [5.74, 6) is 0. The Balaban J connectivity index is 0.00000348. The van der Waals surface area contributed by atoms with Gasteiger partial charge in [-0.25, -0.2) is 5.56 Å². The molecule has 0 fully saturated rings. The van der Waals surface area contributed by atoms with Crippen LogP contribution in [0.3, 0.4) is 0 Å². The molecule has 0 radical (unpaired) electrons. The maximum absolute atomic E-state index is 5.21. The molecule has 0 amide bonds. The normalized spacial score (nSPS) is 11.2. The molecule has 0 unspecified atom stereocenters. The van der Waals surface area contributed by atoms with Crippen LogP contribution in [-0.2, 0) is 22.4 Å². The van der Waals surface area contributed by atoms with E-state index in [2.05, 4.69) is 138 Å². The fourth-order valence-corrected chi connectivity index (χ4v) is 8.50. The van der Waals surface area contributed by atoms with Gasteiger partial charge in [-0.2, -0.15) is 42.0 Å². The monoisotopic (exact) mass is 862 g/mol. The van der Waals surface area contributed by atoms with Gasteiger partial charge in [0, 0.05) is 20.3 Å². The van der Waals surface area contributed by atoms with Gasteiger partial charge in [0.15, 0.2) is 0 Å². The largest absolute Gasteiger partial charge is 3.00 e. The summed E-state index contributed by atoms with van der Waals surface area (Å²) in [5.41, 5.74) is 10.5. The topological polar surface area (TPSA) is 27.0 Å². The van der Waals surface area contributed by atoms with Crippen molar-refractivity contribution >= 4 is 56.2 Å². The van der Waals surface area contributed by atoms with Crippen molar-refractivity contribution in [1.29, 1.82) is 0 Å². The summed E-state index contributed by atoms with van der Waals surface area (Å²) in [7, 11) is 0. The molecular formula is C43H25AuN2S3. The van der Waals surface area contributed by atoms with E-state index >= 15 is 0 Å². The van der Waals surface area contributed by atoms with E-state index in [0.717, 1.165) is 54.5 Å². The van der Waals surface area contributed by atoms with Crippen LogP contribution in [0.4, 0.5) is 0 Å². The van der Waals surface area contributed by atoms with Gasteiger partial charge in [0.05, 0.1) is 5.03 Å². The molecule has 49 heavy (non-hydrogen) atoms. The second-order valence-electron chi connectivity index (χ2n) is 11.5. The van der Waals surface area contributed by atoms with Crippen LogP contribution in [0.25, 0.3) is 76.2 Å². The molecule has 9 aromatic rings. The second-order valence-corrected chi connectivity index (χ2v) is 14.4. The quantitative estimate of drug-likeness (QED) is 0.118. The van der Waals surface area contributed by atoms with E-state index in [1.54, 1.807) is 34.4 Å². The van der Waals surface area contributed by atoms with Gasteiger partial charge in [0.2, 0.25) is 0 Å². The molecule has 4 aromatic heterocycles. The summed E-state index contributed by atoms with van der Waals surface area (Å²) in [4.78, 5) is 14.0. The molecule has 0 spiro atoms. The molecule has 0 saturated carbocycles. The summed E-state index contributed by atoms with van der Waals surface area (Å²) in [6.45, 7) is 0. The number of nitrogens with zero attached hydrogens (tertiary/aromatic N) is 2. The van der Waals surface area contributed by atoms with Crippen molar-refractivity contribution < 1.29 is 22.4 Å². The Hall–Kier alpha value is -4.46. The number of thiophene rings is 2. The van der Waals surface area contributed by atoms with Gasteiger partial charge in [-0.3, -0.25) is 4.98 Å². The van der Waals surface area contributed by atoms with Crippen LogP contribution in [-0.4, -0.2) is 4.98 Å². The first-order chi connectivity index (χ1) is 23.7. The van der Waals surface area contributed by atoms with E-state index in [9.17, 15) is 0 Å². The zero-order chi connectivity index (χ0) is 31.9. The third kappa shape index (κ3) is 6.38. The molecule has 4 heterocycles. The fourth-order valence-electron chi connectivity index (χ4n) is 6.10. The maximum Gasteiger partial charge on any atom is 3.00 e. The number of aromatic nitrogens is 2. The third-order valence-corrected chi connectivity index (χ3v) is 11.2. The van der Waals surface area contributed by atoms with Crippen molar-refractivity contribution in [2.75, 3.05) is 0 Å². The molecular weight excluding hydrogens is 838 g/mol. The van der Waals surface area contributed by atoms with Crippen molar-refractivity contribution in [3.8, 4) is 54.4 Å². The molecule has 2 nitrogen and oxygen atoms in total. The predicted octanol–water partition coefficient (Wildman–Crippen LogP) is 12.6. The van der Waals surface area contributed by atoms with Crippen LogP contribution in [0, 0.1) is 12.1 Å². The standard InChI is InChI=1S/C43H25N2S3.Au/c1-3-10-28(11-4-1)31-22-32(29-12-5-2-6-13-29)24-33(23-31)37-14-7-17-42(44-37)48-41-27-34(40-16-9-21-47-40)26-36-35-25-30(39-15-8-20-46-39)18-19-38(35)45-43(36)41;/h1-12,14-23,25-27H;/q-3;+3. The number of fused-ring (bicyclic) bond motifs is 3. The van der Waals surface area contributed by atoms with Crippen LogP contribution >= 0.6 is 34.4 Å². The number of hydrogen-bond donors (Lipinski definition) is 0. The Bertz CT molecular complexity index is 2460. The Morgan fingerprint density at radius 3 is 2.12 bits per heavy atom. The smallest absolute Gasteiger partial charge is 0.656 e. The van der Waals surface area contributed by atoms with Gasteiger partial charge in [-0.15, -0.1) is 51.4 Å². The van der Waals surface area contributed by atoms with Crippen LogP contribution in [0.15, 0.2) is 160 Å². The van der Waals surface area contributed by atoms with Crippen LogP contribution in [0.2, 0.25) is 0 Å². The van der Waals surface area contributed by atoms with Crippen molar-refractivity contribution in [3.05, 3.63) is 162 Å². The first-order valence-electron chi connectivity index (χ1n) is 15.6. The zero-order valence-electron chi connectivity index (χ0n) is 25.9. The first-order valence-corrected chi connectivity index (χ1v) is 18.2. The van der Waals surface area contributed by atoms with Crippen molar-refractivity contribution in [3.63, 3.8) is 0 Å². The van der Waals surface area contributed by atoms with E-state index < -0.39 is 0 Å². The molecule has 0 saturated heterocycles. The molecule has 0 aliphatic carbocycles. The van der Waals surface area contributed by atoms with Gasteiger partial charge >= 0.3 is 22.4 Å².